The molecule has 0 aromatic carbocycles. The van der Waals surface area contributed by atoms with E-state index in [-0.39, 0.29) is 30.7 Å². The maximum Gasteiger partial charge on any atom is 0.283 e. The summed E-state index contributed by atoms with van der Waals surface area (Å²) in [6.45, 7) is 0.674. The van der Waals surface area contributed by atoms with Crippen LogP contribution in [0, 0.1) is 0 Å². The molecule has 1 aliphatic rings. The highest BCUT2D eigenvalue weighted by Crippen LogP contribution is 2.19. The molecule has 1 aromatic rings. The van der Waals surface area contributed by atoms with Crippen molar-refractivity contribution in [3.05, 3.63) is 21.0 Å². The number of nitrogens with zero attached hydrogens (tertiary/aromatic N) is 2. The Morgan fingerprint density at radius 3 is 3.05 bits per heavy atom. The number of carbonyl (C=O) groups is 1. The molecule has 3 N–H and O–H groups in total. The van der Waals surface area contributed by atoms with Crippen molar-refractivity contribution in [2.24, 2.45) is 0 Å². The number of anilines is 1. The van der Waals surface area contributed by atoms with Crippen LogP contribution in [0.5, 0.6) is 0 Å². The summed E-state index contributed by atoms with van der Waals surface area (Å²) < 4.78 is 1.48. The van der Waals surface area contributed by atoms with Crippen LogP contribution in [0.3, 0.4) is 0 Å². The number of hydrogen-bond donors (Lipinski definition) is 3. The molecule has 0 radical (unpaired) electrons. The third kappa shape index (κ3) is 3.13. The molecule has 2 rings (SSSR count). The molecule has 1 aromatic heterocycles. The van der Waals surface area contributed by atoms with Gasteiger partial charge in [-0.25, -0.2) is 4.68 Å². The summed E-state index contributed by atoms with van der Waals surface area (Å²) in [4.78, 5) is 23.5. The van der Waals surface area contributed by atoms with Gasteiger partial charge in [0.25, 0.3) is 5.56 Å². The molecule has 1 aliphatic heterocycles. The van der Waals surface area contributed by atoms with Gasteiger partial charge < -0.3 is 15.7 Å². The van der Waals surface area contributed by atoms with Crippen LogP contribution < -0.4 is 16.2 Å². The van der Waals surface area contributed by atoms with Crippen molar-refractivity contribution in [3.8, 4) is 0 Å². The van der Waals surface area contributed by atoms with E-state index in [1.165, 1.54) is 6.20 Å². The van der Waals surface area contributed by atoms with E-state index in [0.717, 1.165) is 17.5 Å². The van der Waals surface area contributed by atoms with Gasteiger partial charge in [0.15, 0.2) is 0 Å². The minimum atomic E-state index is -0.347. The fraction of sp³-hybridized carbons (Fsp3) is 0.545. The molecular weight excluding hydrogens is 316 g/mol. The minimum absolute atomic E-state index is 0.0716. The average Bonchev–Trinajstić information content (AvgIpc) is 2.41. The molecule has 1 atom stereocenters. The van der Waals surface area contributed by atoms with E-state index in [1.807, 2.05) is 0 Å². The van der Waals surface area contributed by atoms with E-state index >= 15 is 0 Å². The molecule has 8 heteroatoms. The van der Waals surface area contributed by atoms with E-state index in [2.05, 4.69) is 31.7 Å². The summed E-state index contributed by atoms with van der Waals surface area (Å²) in [6.07, 6.45) is 3.09. The van der Waals surface area contributed by atoms with E-state index in [1.54, 1.807) is 0 Å². The van der Waals surface area contributed by atoms with Crippen LogP contribution in [0.4, 0.5) is 5.69 Å². The lowest BCUT2D eigenvalue weighted by Crippen LogP contribution is -2.44. The van der Waals surface area contributed by atoms with Gasteiger partial charge in [0.2, 0.25) is 5.91 Å². The molecule has 104 valence electrons. The molecule has 0 aliphatic carbocycles. The first-order valence-electron chi connectivity index (χ1n) is 6.04. The number of rotatable bonds is 4. The Kier molecular flexibility index (Phi) is 4.54. The molecular formula is C11H15BrN4O3. The number of aliphatic hydroxyl groups is 1. The van der Waals surface area contributed by atoms with Crippen molar-refractivity contribution in [1.82, 2.24) is 15.1 Å². The Morgan fingerprint density at radius 1 is 1.58 bits per heavy atom. The van der Waals surface area contributed by atoms with Gasteiger partial charge in [0.1, 0.15) is 10.5 Å². The first-order chi connectivity index (χ1) is 9.13. The van der Waals surface area contributed by atoms with Crippen LogP contribution in [0.25, 0.3) is 0 Å². The number of aliphatic hydroxyl groups excluding tert-OH is 1. The van der Waals surface area contributed by atoms with E-state index < -0.39 is 0 Å². The molecule has 1 unspecified atom stereocenters. The number of nitrogens with one attached hydrogen (secondary N) is 2. The Labute approximate surface area is 118 Å². The van der Waals surface area contributed by atoms with E-state index in [4.69, 9.17) is 5.11 Å². The quantitative estimate of drug-likeness (QED) is 0.703. The number of aromatic nitrogens is 2. The van der Waals surface area contributed by atoms with Gasteiger partial charge in [-0.05, 0) is 28.8 Å². The van der Waals surface area contributed by atoms with E-state index in [9.17, 15) is 9.59 Å². The predicted molar refractivity (Wildman–Crippen MR) is 72.9 cm³/mol. The van der Waals surface area contributed by atoms with Gasteiger partial charge in [-0.1, -0.05) is 0 Å². The molecule has 0 saturated carbocycles. The van der Waals surface area contributed by atoms with Crippen molar-refractivity contribution < 1.29 is 9.90 Å². The SMILES string of the molecule is O=C1NCCCC1Nc1cnn(CCO)c(=O)c1Br. The summed E-state index contributed by atoms with van der Waals surface area (Å²) in [7, 11) is 0. The summed E-state index contributed by atoms with van der Waals surface area (Å²) >= 11 is 3.20. The smallest absolute Gasteiger partial charge is 0.283 e. The van der Waals surface area contributed by atoms with Gasteiger partial charge in [-0.15, -0.1) is 0 Å². The number of halogens is 1. The van der Waals surface area contributed by atoms with Crippen LogP contribution in [0.15, 0.2) is 15.5 Å². The van der Waals surface area contributed by atoms with Crippen LogP contribution in [0.1, 0.15) is 12.8 Å². The Hall–Kier alpha value is -1.41. The van der Waals surface area contributed by atoms with Crippen LogP contribution in [-0.4, -0.2) is 40.0 Å². The molecule has 0 spiro atoms. The molecule has 1 fully saturated rings. The van der Waals surface area contributed by atoms with Gasteiger partial charge in [0, 0.05) is 6.54 Å². The second-order valence-electron chi connectivity index (χ2n) is 4.25. The Morgan fingerprint density at radius 2 is 2.37 bits per heavy atom. The fourth-order valence-corrected chi connectivity index (χ4v) is 2.34. The van der Waals surface area contributed by atoms with Gasteiger partial charge >= 0.3 is 0 Å². The minimum Gasteiger partial charge on any atom is -0.394 e. The second-order valence-corrected chi connectivity index (χ2v) is 5.05. The molecule has 7 nitrogen and oxygen atoms in total. The molecule has 2 heterocycles. The van der Waals surface area contributed by atoms with Gasteiger partial charge in [0.05, 0.1) is 25.0 Å². The van der Waals surface area contributed by atoms with Crippen LogP contribution >= 0.6 is 15.9 Å². The first kappa shape index (κ1) is 14.0. The lowest BCUT2D eigenvalue weighted by atomic mass is 10.1. The number of amides is 1. The zero-order chi connectivity index (χ0) is 13.8. The molecule has 0 bridgehead atoms. The fourth-order valence-electron chi connectivity index (χ4n) is 1.92. The number of hydrogen-bond acceptors (Lipinski definition) is 5. The Bertz CT molecular complexity index is 531. The third-order valence-corrected chi connectivity index (χ3v) is 3.68. The van der Waals surface area contributed by atoms with Crippen molar-refractivity contribution in [1.29, 1.82) is 0 Å². The van der Waals surface area contributed by atoms with Crippen LogP contribution in [-0.2, 0) is 11.3 Å². The number of carbonyl (C=O) groups excluding carboxylic acids is 1. The monoisotopic (exact) mass is 330 g/mol. The van der Waals surface area contributed by atoms with Crippen molar-refractivity contribution in [2.45, 2.75) is 25.4 Å². The number of piperidine rings is 1. The molecule has 19 heavy (non-hydrogen) atoms. The van der Waals surface area contributed by atoms with Gasteiger partial charge in [-0.3, -0.25) is 9.59 Å². The highest BCUT2D eigenvalue weighted by atomic mass is 79.9. The molecule has 1 saturated heterocycles. The lowest BCUT2D eigenvalue weighted by Gasteiger charge is -2.24. The van der Waals surface area contributed by atoms with Crippen molar-refractivity contribution in [3.63, 3.8) is 0 Å². The molecule has 1 amide bonds. The highest BCUT2D eigenvalue weighted by molar-refractivity contribution is 9.10. The summed E-state index contributed by atoms with van der Waals surface area (Å²) in [5, 5.41) is 18.5. The van der Waals surface area contributed by atoms with Crippen molar-refractivity contribution in [2.75, 3.05) is 18.5 Å². The first-order valence-corrected chi connectivity index (χ1v) is 6.83. The third-order valence-electron chi connectivity index (χ3n) is 2.91. The van der Waals surface area contributed by atoms with Gasteiger partial charge in [-0.2, -0.15) is 5.10 Å². The summed E-state index contributed by atoms with van der Waals surface area (Å²) in [6, 6.07) is -0.347. The van der Waals surface area contributed by atoms with Crippen LogP contribution in [0.2, 0.25) is 0 Å². The normalized spacial score (nSPS) is 19.1. The topological polar surface area (TPSA) is 96.2 Å². The maximum absolute atomic E-state index is 11.9. The highest BCUT2D eigenvalue weighted by Gasteiger charge is 2.23. The predicted octanol–water partition coefficient (Wildman–Crippen LogP) is -0.311. The zero-order valence-electron chi connectivity index (χ0n) is 10.2. The van der Waals surface area contributed by atoms with Crippen molar-refractivity contribution >= 4 is 27.5 Å². The maximum atomic E-state index is 11.9. The van der Waals surface area contributed by atoms with E-state index in [0.29, 0.717) is 16.7 Å². The average molecular weight is 331 g/mol. The summed E-state index contributed by atoms with van der Waals surface area (Å²) in [5.41, 5.74) is 0.150. The largest absolute Gasteiger partial charge is 0.394 e. The zero-order valence-corrected chi connectivity index (χ0v) is 11.8. The lowest BCUT2D eigenvalue weighted by molar-refractivity contribution is -0.123. The Balaban J connectivity index is 2.19. The second kappa shape index (κ2) is 6.16. The standard InChI is InChI=1S/C11H15BrN4O3/c12-9-8(6-14-16(4-5-17)11(9)19)15-7-2-1-3-13-10(7)18/h6-7,15,17H,1-5H2,(H,13,18). The summed E-state index contributed by atoms with van der Waals surface area (Å²) in [5.74, 6) is -0.0716.